The van der Waals surface area contributed by atoms with Crippen molar-refractivity contribution in [2.24, 2.45) is 14.1 Å². The number of aromatic nitrogens is 6. The molecule has 3 atom stereocenters. The number of likely N-dealkylation sites (N-methyl/N-ethyl adjacent to an activating group) is 1. The summed E-state index contributed by atoms with van der Waals surface area (Å²) in [6.45, 7) is 10.8. The molecule has 149 heavy (non-hydrogen) atoms. The fraction of sp³-hybridized carbons (Fsp3) is 0.586. The first-order valence-electron chi connectivity index (χ1n) is 47.1. The number of pyridine rings is 2. The van der Waals surface area contributed by atoms with Crippen LogP contribution in [0.3, 0.4) is 0 Å². The Morgan fingerprint density at radius 3 is 1.39 bits per heavy atom. The van der Waals surface area contributed by atoms with E-state index in [4.69, 9.17) is 186 Å². The maximum absolute atomic E-state index is 14.8. The number of nitro groups is 4. The number of aryl methyl sites for hydroxylation is 1. The van der Waals surface area contributed by atoms with Crippen LogP contribution in [0.15, 0.2) is 105 Å². The topological polar surface area (TPSA) is 484 Å². The third kappa shape index (κ3) is 34.6. The van der Waals surface area contributed by atoms with Crippen LogP contribution in [0.1, 0.15) is 87.9 Å². The molecule has 2 aliphatic carbocycles. The van der Waals surface area contributed by atoms with Gasteiger partial charge in [-0.15, -0.1) is 139 Å². The van der Waals surface area contributed by atoms with E-state index in [1.165, 1.54) is 60.7 Å². The third-order valence-corrected chi connectivity index (χ3v) is 38.7. The average molecular weight is 2430 g/mol. The SMILES string of the molecule is CCCN(C)P(=O)(Nc1ccc(OCc2cnc([N+](=O)[O-])n2C)cc1)N(C)CCCl.CCCN(CCCl)P(=O)(O)N(CCCl)CCCl.CCc1cc2c(=O)n(CCN(C)P(=O)(OCc3ccc([N+](=O)[O-])o3)N(CCCl)CCCl)c3c4cc5c(cc4ncc3c2cc1OC)OCO5.Cn1c([N+](=O)[O-])cnc1COP(=O)(N(CCCl)CCCl)N(CCCl)CCCl.O=[N+]([O-])c1ccc(COP(=O)(N(CCCl)C2CC2)N(CCCl)C2CC2)o1. The zero-order chi connectivity index (χ0) is 110. The summed E-state index contributed by atoms with van der Waals surface area (Å²) >= 11 is 70.3. The van der Waals surface area contributed by atoms with Crippen LogP contribution in [-0.4, -0.2) is 316 Å². The number of ether oxygens (including phenoxy) is 4. The van der Waals surface area contributed by atoms with Gasteiger partial charge in [0, 0.05) is 227 Å². The zero-order valence-electron chi connectivity index (χ0n) is 83.7. The van der Waals surface area contributed by atoms with E-state index < -0.39 is 63.9 Å². The summed E-state index contributed by atoms with van der Waals surface area (Å²) in [5, 5.41) is 49.5. The van der Waals surface area contributed by atoms with Gasteiger partial charge in [0.15, 0.2) is 17.2 Å². The van der Waals surface area contributed by atoms with E-state index in [1.54, 1.807) is 88.0 Å². The van der Waals surface area contributed by atoms with Gasteiger partial charge in [0.1, 0.15) is 71.7 Å². The molecule has 62 heteroatoms. The Balaban J connectivity index is 0.000000238. The predicted molar refractivity (Wildman–Crippen MR) is 587 cm³/mol. The molecule has 3 aliphatic rings. The summed E-state index contributed by atoms with van der Waals surface area (Å²) in [7, 11) is -7.58. The molecule has 0 radical (unpaired) electrons. The molecule has 2 saturated carbocycles. The number of nitrogens with one attached hydrogen (secondary N) is 1. The van der Waals surface area contributed by atoms with Crippen molar-refractivity contribution in [1.29, 1.82) is 0 Å². The number of nitrogens with zero attached hydrogens (tertiary/aromatic N) is 20. The molecule has 0 amide bonds. The molecule has 3 aromatic carbocycles. The summed E-state index contributed by atoms with van der Waals surface area (Å²) in [6, 6.07) is 20.0. The zero-order valence-corrected chi connectivity index (χ0v) is 97.2. The molecule has 0 saturated heterocycles. The molecule has 45 nitrogen and oxygen atoms in total. The van der Waals surface area contributed by atoms with E-state index in [2.05, 4.69) is 15.1 Å². The van der Waals surface area contributed by atoms with E-state index in [-0.39, 0.29) is 173 Å². The molecule has 12 rings (SSSR count). The Bertz CT molecular complexity index is 6020. The molecule has 9 aromatic rings. The van der Waals surface area contributed by atoms with Gasteiger partial charge in [0.2, 0.25) is 12.6 Å². The second-order valence-electron chi connectivity index (χ2n) is 33.2. The fourth-order valence-electron chi connectivity index (χ4n) is 15.6. The number of halogens is 12. The maximum Gasteiger partial charge on any atom is 0.434 e. The van der Waals surface area contributed by atoms with Crippen molar-refractivity contribution in [1.82, 2.24) is 75.4 Å². The van der Waals surface area contributed by atoms with Crippen LogP contribution in [0.2, 0.25) is 0 Å². The van der Waals surface area contributed by atoms with Crippen LogP contribution in [0.4, 0.5) is 29.2 Å². The quantitative estimate of drug-likeness (QED) is 0.0117. The summed E-state index contributed by atoms with van der Waals surface area (Å²) in [4.78, 5) is 78.5. The van der Waals surface area contributed by atoms with Crippen molar-refractivity contribution in [2.45, 2.75) is 111 Å². The monoisotopic (exact) mass is 2420 g/mol. The molecule has 7 heterocycles. The molecule has 3 unspecified atom stereocenters. The van der Waals surface area contributed by atoms with Crippen molar-refractivity contribution in [3.63, 3.8) is 0 Å². The van der Waals surface area contributed by atoms with Gasteiger partial charge in [-0.2, -0.15) is 0 Å². The van der Waals surface area contributed by atoms with Gasteiger partial charge in [-0.1, -0.05) is 25.8 Å². The number of hydrogen-bond donors (Lipinski definition) is 2. The fourth-order valence-corrected chi connectivity index (χ4v) is 31.0. The minimum absolute atomic E-state index is 0.0723. The first-order valence-corrected chi connectivity index (χ1v) is 61.3. The number of anilines is 1. The number of hydrogen-bond acceptors (Lipinski definition) is 26. The second kappa shape index (κ2) is 63.0. The number of benzene rings is 3. The highest BCUT2D eigenvalue weighted by Gasteiger charge is 2.51. The van der Waals surface area contributed by atoms with Gasteiger partial charge in [0.05, 0.1) is 44.4 Å². The molecule has 1 aliphatic heterocycles. The lowest BCUT2D eigenvalue weighted by atomic mass is 10.0. The molecule has 832 valence electrons. The summed E-state index contributed by atoms with van der Waals surface area (Å²) in [6.07, 6.45) is 10.4. The number of fused-ring (bicyclic) bond motifs is 6. The number of furan rings is 2. The third-order valence-electron chi connectivity index (χ3n) is 23.5. The van der Waals surface area contributed by atoms with Crippen LogP contribution >= 0.6 is 177 Å². The first-order chi connectivity index (χ1) is 71.2. The normalized spacial score (nSPS) is 14.4. The maximum atomic E-state index is 14.8. The molecular formula is C87H126Cl12N21O24P5. The lowest BCUT2D eigenvalue weighted by molar-refractivity contribution is -0.402. The molecular weight excluding hydrogens is 2300 g/mol. The highest BCUT2D eigenvalue weighted by molar-refractivity contribution is 7.60. The Kier molecular flexibility index (Phi) is 54.2. The molecule has 2 fully saturated rings. The number of rotatable bonds is 63. The lowest BCUT2D eigenvalue weighted by Gasteiger charge is -2.38. The lowest BCUT2D eigenvalue weighted by Crippen LogP contribution is -2.37. The second-order valence-corrected chi connectivity index (χ2v) is 49.7. The van der Waals surface area contributed by atoms with Crippen molar-refractivity contribution in [3.8, 4) is 23.0 Å². The Morgan fingerprint density at radius 1 is 0.477 bits per heavy atom. The smallest absolute Gasteiger partial charge is 0.434 e. The van der Waals surface area contributed by atoms with Crippen LogP contribution in [0, 0.1) is 40.5 Å². The first kappa shape index (κ1) is 128. The van der Waals surface area contributed by atoms with Crippen LogP contribution in [0.5, 0.6) is 23.0 Å². The Morgan fingerprint density at radius 2 is 0.946 bits per heavy atom. The van der Waals surface area contributed by atoms with Crippen LogP contribution in [-0.2, 0) is 89.9 Å². The van der Waals surface area contributed by atoms with Gasteiger partial charge < -0.3 is 62.6 Å². The summed E-state index contributed by atoms with van der Waals surface area (Å²) in [5.41, 5.74) is 3.10. The van der Waals surface area contributed by atoms with Crippen LogP contribution in [0.25, 0.3) is 32.6 Å². The Labute approximate surface area is 923 Å². The molecule has 2 N–H and O–H groups in total. The summed E-state index contributed by atoms with van der Waals surface area (Å²) < 4.78 is 140. The number of alkyl halides is 12. The highest BCUT2D eigenvalue weighted by Crippen LogP contribution is 2.63. The van der Waals surface area contributed by atoms with Crippen molar-refractivity contribution in [3.05, 3.63) is 171 Å². The van der Waals surface area contributed by atoms with E-state index in [1.807, 2.05) is 60.0 Å². The number of imidazole rings is 2. The molecule has 6 aromatic heterocycles. The van der Waals surface area contributed by atoms with Gasteiger partial charge in [-0.05, 0) is 136 Å². The Hall–Kier alpha value is -5.81. The largest absolute Gasteiger partial charge is 0.496 e. The predicted octanol–water partition coefficient (Wildman–Crippen LogP) is 21.0. The average Bonchev–Trinajstić information content (AvgIpc) is 1.35. The highest BCUT2D eigenvalue weighted by atomic mass is 35.5. The molecule has 0 spiro atoms. The molecule has 0 bridgehead atoms. The van der Waals surface area contributed by atoms with E-state index >= 15 is 0 Å². The van der Waals surface area contributed by atoms with E-state index in [9.17, 15) is 73.0 Å². The minimum atomic E-state index is -3.89. The van der Waals surface area contributed by atoms with Gasteiger partial charge in [-0.3, -0.25) is 66.4 Å². The van der Waals surface area contributed by atoms with Gasteiger partial charge in [-0.25, -0.2) is 60.8 Å². The standard InChI is InChI=1S/C32H34Cl2N5O9P.C18H28ClN6O4P.C15H22Cl2N3O5P.C13H22Cl4N5O4P.C9H20Cl3N2O2P/c1-4-20-13-23-22(14-27(20)44-3)25-17-35-26-16-29-28(45-19-46-29)15-24(26)31(25)38(32(23)40)12-11-36(2)49(43,37(9-7-33)10-8-34)47-18-21-5-6-30(48-21)39(41)42;1-5-11-22(2)30(28,23(3)12-10-19)21-15-6-8-17(9-7-15)29-14-16-13-20-18(24(16)4)25(26)27;16-7-9-18(12-1-2-12)26(23,19(10-8-17)13-3-4-13)24-11-14-5-6-15(25-14)20(21)22;1-19-12(18-10-13(19)22(23)24)11-26-27(25,20(6-2-14)7-3-15)21(8-4-16)9-5-17;1-2-6-13(7-3-10)17(15,16)14(8-4-11)9-5-12/h5-6,13-17H,4,7-12,18-19H2,1-3H3;6-9,13H,5,10-12,14H2,1-4H3,(H,21,28);5-6,12-13H,1-4,7-11H2;10H,2-9,11H2,1H3;2-9H2,1H3,(H,15,16). The van der Waals surface area contributed by atoms with Crippen molar-refractivity contribution < 1.29 is 88.8 Å². The van der Waals surface area contributed by atoms with Crippen molar-refractivity contribution >= 4 is 239 Å². The summed E-state index contributed by atoms with van der Waals surface area (Å²) in [5.74, 6) is 4.83. The van der Waals surface area contributed by atoms with Gasteiger partial charge in [0.25, 0.3) is 5.56 Å². The van der Waals surface area contributed by atoms with E-state index in [0.717, 1.165) is 50.3 Å². The van der Waals surface area contributed by atoms with Gasteiger partial charge >= 0.3 is 61.8 Å². The number of methoxy groups -OCH3 is 1. The van der Waals surface area contributed by atoms with E-state index in [0.29, 0.717) is 161 Å². The minimum Gasteiger partial charge on any atom is -0.496 e. The van der Waals surface area contributed by atoms with Crippen molar-refractivity contribution in [2.75, 3.05) is 209 Å². The van der Waals surface area contributed by atoms with Crippen LogP contribution < -0.4 is 29.6 Å².